The predicted octanol–water partition coefficient (Wildman–Crippen LogP) is 4.78. The number of nitrogens with one attached hydrogen (secondary N) is 1. The first-order chi connectivity index (χ1) is 8.09. The Morgan fingerprint density at radius 2 is 1.78 bits per heavy atom. The van der Waals surface area contributed by atoms with E-state index in [0.717, 1.165) is 12.0 Å². The Balaban J connectivity index is 2.61. The van der Waals surface area contributed by atoms with Crippen LogP contribution in [0.2, 0.25) is 5.02 Å². The van der Waals surface area contributed by atoms with E-state index in [9.17, 15) is 4.39 Å². The van der Waals surface area contributed by atoms with E-state index >= 15 is 0 Å². The fourth-order valence-corrected chi connectivity index (χ4v) is 2.58. The van der Waals surface area contributed by atoms with Crippen molar-refractivity contribution in [3.8, 4) is 0 Å². The molecule has 0 fully saturated rings. The monoisotopic (exact) mass is 271 g/mol. The van der Waals surface area contributed by atoms with E-state index in [1.165, 1.54) is 6.07 Å². The fourth-order valence-electron chi connectivity index (χ4n) is 2.38. The molecule has 0 saturated carbocycles. The van der Waals surface area contributed by atoms with Gasteiger partial charge in [-0.3, -0.25) is 0 Å². The first-order valence-corrected chi connectivity index (χ1v) is 6.66. The van der Waals surface area contributed by atoms with Gasteiger partial charge in [0.15, 0.2) is 0 Å². The summed E-state index contributed by atoms with van der Waals surface area (Å²) in [7, 11) is 0. The van der Waals surface area contributed by atoms with Crippen LogP contribution >= 0.6 is 11.6 Å². The lowest BCUT2D eigenvalue weighted by Crippen LogP contribution is -2.41. The van der Waals surface area contributed by atoms with Crippen molar-refractivity contribution < 1.29 is 4.39 Å². The normalized spacial score (nSPS) is 12.8. The number of hydrogen-bond acceptors (Lipinski definition) is 1. The van der Waals surface area contributed by atoms with Crippen LogP contribution in [0.1, 0.15) is 46.6 Å². The minimum Gasteiger partial charge on any atom is -0.308 e. The van der Waals surface area contributed by atoms with Crippen molar-refractivity contribution in [1.29, 1.82) is 0 Å². The van der Waals surface area contributed by atoms with Crippen molar-refractivity contribution in [3.05, 3.63) is 34.6 Å². The van der Waals surface area contributed by atoms with Gasteiger partial charge in [-0.15, -0.1) is 0 Å². The number of hydrogen-bond donors (Lipinski definition) is 1. The maximum atomic E-state index is 13.0. The Labute approximate surface area is 115 Å². The standard InChI is InChI=1S/C15H23ClFN/c1-14(2,3)10-15(4,5)18-9-11-6-7-13(17)12(16)8-11/h6-8,18H,9-10H2,1-5H3. The van der Waals surface area contributed by atoms with Gasteiger partial charge in [0.2, 0.25) is 0 Å². The van der Waals surface area contributed by atoms with E-state index in [-0.39, 0.29) is 21.8 Å². The number of rotatable bonds is 4. The van der Waals surface area contributed by atoms with Crippen LogP contribution in [0.25, 0.3) is 0 Å². The molecule has 0 spiro atoms. The first-order valence-electron chi connectivity index (χ1n) is 6.28. The van der Waals surface area contributed by atoms with Gasteiger partial charge in [-0.25, -0.2) is 4.39 Å². The molecule has 0 aromatic heterocycles. The van der Waals surface area contributed by atoms with Crippen LogP contribution in [0, 0.1) is 11.2 Å². The van der Waals surface area contributed by atoms with Gasteiger partial charge < -0.3 is 5.32 Å². The second kappa shape index (κ2) is 5.58. The van der Waals surface area contributed by atoms with Crippen LogP contribution in [0.5, 0.6) is 0 Å². The molecule has 0 bridgehead atoms. The highest BCUT2D eigenvalue weighted by Crippen LogP contribution is 2.27. The van der Waals surface area contributed by atoms with Gasteiger partial charge in [0.25, 0.3) is 0 Å². The van der Waals surface area contributed by atoms with Crippen LogP contribution in [-0.2, 0) is 6.54 Å². The van der Waals surface area contributed by atoms with Gasteiger partial charge in [0.1, 0.15) is 5.82 Å². The molecule has 0 unspecified atom stereocenters. The Kier molecular flexibility index (Phi) is 4.79. The van der Waals surface area contributed by atoms with Crippen molar-refractivity contribution in [1.82, 2.24) is 5.32 Å². The molecule has 0 amide bonds. The summed E-state index contributed by atoms with van der Waals surface area (Å²) in [5, 5.41) is 3.68. The topological polar surface area (TPSA) is 12.0 Å². The summed E-state index contributed by atoms with van der Waals surface area (Å²) in [6, 6.07) is 4.86. The van der Waals surface area contributed by atoms with E-state index in [1.54, 1.807) is 12.1 Å². The summed E-state index contributed by atoms with van der Waals surface area (Å²) in [4.78, 5) is 0. The summed E-state index contributed by atoms with van der Waals surface area (Å²) in [5.74, 6) is -0.366. The van der Waals surface area contributed by atoms with Crippen molar-refractivity contribution >= 4 is 11.6 Å². The summed E-state index contributed by atoms with van der Waals surface area (Å²) in [6.07, 6.45) is 1.06. The molecule has 1 rings (SSSR count). The minimum atomic E-state index is -0.366. The Morgan fingerprint density at radius 1 is 1.17 bits per heavy atom. The van der Waals surface area contributed by atoms with Crippen molar-refractivity contribution in [2.75, 3.05) is 0 Å². The maximum Gasteiger partial charge on any atom is 0.141 e. The molecule has 1 aromatic rings. The Bertz CT molecular complexity index is 407. The number of halogens is 2. The highest BCUT2D eigenvalue weighted by atomic mass is 35.5. The van der Waals surface area contributed by atoms with E-state index in [2.05, 4.69) is 39.9 Å². The highest BCUT2D eigenvalue weighted by molar-refractivity contribution is 6.30. The largest absolute Gasteiger partial charge is 0.308 e. The molecule has 0 saturated heterocycles. The average Bonchev–Trinajstić information content (AvgIpc) is 2.16. The molecule has 0 aliphatic rings. The molecule has 0 atom stereocenters. The van der Waals surface area contributed by atoms with Crippen LogP contribution < -0.4 is 5.32 Å². The number of benzene rings is 1. The van der Waals surface area contributed by atoms with Crippen LogP contribution in [0.4, 0.5) is 4.39 Å². The van der Waals surface area contributed by atoms with Gasteiger partial charge in [-0.1, -0.05) is 38.4 Å². The summed E-state index contributed by atoms with van der Waals surface area (Å²) in [6.45, 7) is 11.7. The Morgan fingerprint density at radius 3 is 2.28 bits per heavy atom. The van der Waals surface area contributed by atoms with Crippen molar-refractivity contribution in [2.24, 2.45) is 5.41 Å². The average molecular weight is 272 g/mol. The lowest BCUT2D eigenvalue weighted by atomic mass is 9.82. The van der Waals surface area contributed by atoms with E-state index in [4.69, 9.17) is 11.6 Å². The third-order valence-electron chi connectivity index (χ3n) is 2.73. The molecule has 3 heteroatoms. The third kappa shape index (κ3) is 5.36. The second-order valence-electron chi connectivity index (χ2n) is 6.72. The van der Waals surface area contributed by atoms with E-state index < -0.39 is 0 Å². The molecule has 1 nitrogen and oxygen atoms in total. The molecule has 0 aliphatic carbocycles. The molecule has 1 aromatic carbocycles. The molecule has 102 valence electrons. The van der Waals surface area contributed by atoms with Crippen molar-refractivity contribution in [3.63, 3.8) is 0 Å². The first kappa shape index (κ1) is 15.5. The van der Waals surface area contributed by atoms with E-state index in [0.29, 0.717) is 6.54 Å². The zero-order valence-electron chi connectivity index (χ0n) is 11.9. The molecule has 18 heavy (non-hydrogen) atoms. The molecule has 0 heterocycles. The lowest BCUT2D eigenvalue weighted by Gasteiger charge is -2.33. The van der Waals surface area contributed by atoms with E-state index in [1.807, 2.05) is 0 Å². The summed E-state index contributed by atoms with van der Waals surface area (Å²) in [5.41, 5.74) is 1.32. The second-order valence-corrected chi connectivity index (χ2v) is 7.13. The van der Waals surface area contributed by atoms with Gasteiger partial charge in [0, 0.05) is 12.1 Å². The molecule has 1 N–H and O–H groups in total. The van der Waals surface area contributed by atoms with Crippen LogP contribution in [0.15, 0.2) is 18.2 Å². The maximum absolute atomic E-state index is 13.0. The molecule has 0 radical (unpaired) electrons. The smallest absolute Gasteiger partial charge is 0.141 e. The lowest BCUT2D eigenvalue weighted by molar-refractivity contribution is 0.240. The fraction of sp³-hybridized carbons (Fsp3) is 0.600. The predicted molar refractivity (Wildman–Crippen MR) is 76.4 cm³/mol. The van der Waals surface area contributed by atoms with Crippen molar-refractivity contribution in [2.45, 2.75) is 53.1 Å². The van der Waals surface area contributed by atoms with Gasteiger partial charge in [-0.2, -0.15) is 0 Å². The summed E-state index contributed by atoms with van der Waals surface area (Å²) >= 11 is 5.77. The highest BCUT2D eigenvalue weighted by Gasteiger charge is 2.24. The zero-order chi connectivity index (χ0) is 14.0. The minimum absolute atomic E-state index is 0.0408. The van der Waals surface area contributed by atoms with Gasteiger partial charge in [0.05, 0.1) is 5.02 Å². The quantitative estimate of drug-likeness (QED) is 0.831. The Hall–Kier alpha value is -0.600. The molecular weight excluding hydrogens is 249 g/mol. The summed E-state index contributed by atoms with van der Waals surface area (Å²) < 4.78 is 13.0. The van der Waals surface area contributed by atoms with Crippen LogP contribution in [-0.4, -0.2) is 5.54 Å². The molecular formula is C15H23ClFN. The zero-order valence-corrected chi connectivity index (χ0v) is 12.7. The molecule has 0 aliphatic heterocycles. The van der Waals surface area contributed by atoms with Gasteiger partial charge in [-0.05, 0) is 43.4 Å². The van der Waals surface area contributed by atoms with Crippen LogP contribution in [0.3, 0.4) is 0 Å². The third-order valence-corrected chi connectivity index (χ3v) is 3.02. The van der Waals surface area contributed by atoms with Gasteiger partial charge >= 0.3 is 0 Å². The SMILES string of the molecule is CC(C)(C)CC(C)(C)NCc1ccc(F)c(Cl)c1.